The fourth-order valence-electron chi connectivity index (χ4n) is 8.15. The molecule has 13 nitrogen and oxygen atoms in total. The van der Waals surface area contributed by atoms with Gasteiger partial charge in [-0.15, -0.1) is 0 Å². The molecule has 1 aromatic rings. The molecule has 3 rings (SSSR count). The minimum Gasteiger partial charge on any atom is -0.459 e. The predicted molar refractivity (Wildman–Crippen MR) is 194 cm³/mol. The van der Waals surface area contributed by atoms with Gasteiger partial charge >= 0.3 is 12.1 Å². The zero-order valence-electron chi connectivity index (χ0n) is 33.5. The molecular weight excluding hydrogens is 691 g/mol. The number of esters is 1. The van der Waals surface area contributed by atoms with E-state index in [2.05, 4.69) is 5.32 Å². The zero-order chi connectivity index (χ0) is 40.0. The average Bonchev–Trinajstić information content (AvgIpc) is 3.10. The van der Waals surface area contributed by atoms with E-state index >= 15 is 0 Å². The van der Waals surface area contributed by atoms with Crippen LogP contribution in [0.2, 0.25) is 0 Å². The molecule has 2 heterocycles. The van der Waals surface area contributed by atoms with Gasteiger partial charge in [0.15, 0.2) is 6.29 Å². The number of methoxy groups -OCH3 is 2. The van der Waals surface area contributed by atoms with Crippen molar-refractivity contribution < 1.29 is 57.4 Å². The molecule has 0 aromatic heterocycles. The molecule has 0 aliphatic carbocycles. The molecule has 0 bridgehead atoms. The summed E-state index contributed by atoms with van der Waals surface area (Å²) in [4.78, 5) is 43.6. The van der Waals surface area contributed by atoms with Crippen molar-refractivity contribution >= 4 is 17.8 Å². The monoisotopic (exact) mass is 754 g/mol. The van der Waals surface area contributed by atoms with E-state index in [1.54, 1.807) is 41.5 Å². The largest absolute Gasteiger partial charge is 0.459 e. The number of hydrogen-bond acceptors (Lipinski definition) is 12. The smallest absolute Gasteiger partial charge is 0.407 e. The van der Waals surface area contributed by atoms with Gasteiger partial charge in [0, 0.05) is 44.6 Å². The average molecular weight is 755 g/mol. The number of Topliss-reactive ketones (excluding diaryl/α,β-unsaturated/α-hetero) is 1. The van der Waals surface area contributed by atoms with Crippen LogP contribution < -0.4 is 5.32 Å². The van der Waals surface area contributed by atoms with Crippen LogP contribution in [0.1, 0.15) is 80.2 Å². The van der Waals surface area contributed by atoms with E-state index in [-0.39, 0.29) is 37.3 Å². The number of ketones is 1. The number of nitrogens with zero attached hydrogens (tertiary/aromatic N) is 1. The first kappa shape index (κ1) is 44.7. The predicted octanol–water partition coefficient (Wildman–Crippen LogP) is 4.24. The highest BCUT2D eigenvalue weighted by atomic mass is 19.1. The number of benzene rings is 1. The molecule has 2 aliphatic heterocycles. The maximum absolute atomic E-state index is 14.1. The number of carbonyl (C=O) groups excluding carboxylic acids is 3. The summed E-state index contributed by atoms with van der Waals surface area (Å²) in [6.07, 6.45) is -6.95. The zero-order valence-corrected chi connectivity index (χ0v) is 33.5. The molecule has 0 saturated carbocycles. The van der Waals surface area contributed by atoms with Crippen molar-refractivity contribution in [2.24, 2.45) is 23.7 Å². The van der Waals surface area contributed by atoms with E-state index in [0.717, 1.165) is 0 Å². The van der Waals surface area contributed by atoms with E-state index in [0.29, 0.717) is 12.0 Å². The molecular formula is C39H63FN2O11. The Labute approximate surface area is 314 Å². The summed E-state index contributed by atoms with van der Waals surface area (Å²) >= 11 is 0. The molecule has 2 saturated heterocycles. The van der Waals surface area contributed by atoms with Gasteiger partial charge in [-0.1, -0.05) is 39.8 Å². The van der Waals surface area contributed by atoms with Crippen molar-refractivity contribution in [2.45, 2.75) is 141 Å². The summed E-state index contributed by atoms with van der Waals surface area (Å²) in [5, 5.41) is 26.1. The number of alkyl carbamates (subject to hydrolysis) is 1. The number of rotatable bonds is 9. The SMILES string of the molecule is CC[C@H]1OC(=O)[C@H](C)[C@@H](OC(=O)NCc2ccc(F)cc2)[C@H](C)[C@@H](O[C@@H]2O[C@H](C)C[C@H](N(C)C)[C@H]2O)[C@](C)(OC)C[C@@H](C)C(=O)[C@@H](C)[C@@H](OC)[C@]1(C)O. The number of likely N-dealkylation sites (N-methyl/N-ethyl adjacent to an activating group) is 1. The molecule has 1 aromatic carbocycles. The summed E-state index contributed by atoms with van der Waals surface area (Å²) in [5.41, 5.74) is -2.45. The third-order valence-corrected chi connectivity index (χ3v) is 11.3. The highest BCUT2D eigenvalue weighted by Crippen LogP contribution is 2.40. The topological polar surface area (TPSA) is 162 Å². The standard InChI is InChI=1S/C39H63FN2O11/c1-13-29-39(8,47)34(48-11)23(4)30(43)21(2)19-38(7,49-12)33(53-36-31(44)28(42(9)10)18-22(3)50-36)24(5)32(25(6)35(45)51-29)52-37(46)41-20-26-14-16-27(40)17-15-26/h14-17,21-25,28-29,31-34,36,44,47H,13,18-20H2,1-12H3,(H,41,46)/t21-,22-,23-,24+,25-,28+,29-,31-,32+,33-,34-,36+,38-,39-/m1/s1. The van der Waals surface area contributed by atoms with Crippen LogP contribution >= 0.6 is 0 Å². The Bertz CT molecular complexity index is 1360. The number of amides is 1. The van der Waals surface area contributed by atoms with E-state index in [9.17, 15) is 29.0 Å². The highest BCUT2D eigenvalue weighted by molar-refractivity contribution is 5.83. The van der Waals surface area contributed by atoms with Crippen molar-refractivity contribution in [3.8, 4) is 0 Å². The normalized spacial score (nSPS) is 39.2. The first-order valence-electron chi connectivity index (χ1n) is 18.6. The highest BCUT2D eigenvalue weighted by Gasteiger charge is 2.53. The Hall–Kier alpha value is -2.72. The van der Waals surface area contributed by atoms with Crippen molar-refractivity contribution in [3.05, 3.63) is 35.6 Å². The second-order valence-electron chi connectivity index (χ2n) is 15.7. The van der Waals surface area contributed by atoms with E-state index < -0.39 is 89.6 Å². The van der Waals surface area contributed by atoms with E-state index in [4.69, 9.17) is 28.4 Å². The quantitative estimate of drug-likeness (QED) is 0.308. The van der Waals surface area contributed by atoms with Gasteiger partial charge in [-0.25, -0.2) is 9.18 Å². The summed E-state index contributed by atoms with van der Waals surface area (Å²) in [7, 11) is 6.59. The first-order chi connectivity index (χ1) is 24.7. The van der Waals surface area contributed by atoms with Gasteiger partial charge in [-0.05, 0) is 78.7 Å². The summed E-state index contributed by atoms with van der Waals surface area (Å²) in [5.74, 6) is -4.86. The van der Waals surface area contributed by atoms with Crippen LogP contribution in [-0.4, -0.2) is 121 Å². The number of ether oxygens (including phenoxy) is 6. The van der Waals surface area contributed by atoms with E-state index in [1.165, 1.54) is 45.4 Å². The molecule has 0 spiro atoms. The van der Waals surface area contributed by atoms with Crippen LogP contribution in [0.4, 0.5) is 9.18 Å². The fraction of sp³-hybridized carbons (Fsp3) is 0.769. The molecule has 1 amide bonds. The summed E-state index contributed by atoms with van der Waals surface area (Å²) < 4.78 is 50.4. The Morgan fingerprint density at radius 3 is 2.21 bits per heavy atom. The first-order valence-corrected chi connectivity index (χ1v) is 18.6. The van der Waals surface area contributed by atoms with Crippen LogP contribution in [0.3, 0.4) is 0 Å². The molecule has 2 fully saturated rings. The minimum atomic E-state index is -1.78. The lowest BCUT2D eigenvalue weighted by molar-refractivity contribution is -0.301. The van der Waals surface area contributed by atoms with Crippen LogP contribution in [-0.2, 0) is 44.6 Å². The van der Waals surface area contributed by atoms with Crippen LogP contribution in [0, 0.1) is 29.5 Å². The van der Waals surface area contributed by atoms with Crippen molar-refractivity contribution in [1.29, 1.82) is 0 Å². The summed E-state index contributed by atoms with van der Waals surface area (Å²) in [6, 6.07) is 5.29. The van der Waals surface area contributed by atoms with Gasteiger partial charge in [0.1, 0.15) is 35.5 Å². The number of nitrogens with one attached hydrogen (secondary N) is 1. The lowest BCUT2D eigenvalue weighted by Crippen LogP contribution is -2.61. The summed E-state index contributed by atoms with van der Waals surface area (Å²) in [6.45, 7) is 13.6. The lowest BCUT2D eigenvalue weighted by Gasteiger charge is -2.48. The number of carbonyl (C=O) groups is 3. The minimum absolute atomic E-state index is 0.0116. The number of halogens is 1. The van der Waals surface area contributed by atoms with Crippen molar-refractivity contribution in [1.82, 2.24) is 10.2 Å². The van der Waals surface area contributed by atoms with Crippen LogP contribution in [0.25, 0.3) is 0 Å². The van der Waals surface area contributed by atoms with Gasteiger partial charge in [-0.2, -0.15) is 0 Å². The Morgan fingerprint density at radius 2 is 1.66 bits per heavy atom. The third kappa shape index (κ3) is 10.5. The van der Waals surface area contributed by atoms with Gasteiger partial charge in [-0.3, -0.25) is 9.59 Å². The Morgan fingerprint density at radius 1 is 1.04 bits per heavy atom. The van der Waals surface area contributed by atoms with Gasteiger partial charge in [0.2, 0.25) is 0 Å². The molecule has 2 aliphatic rings. The Kier molecular flexibility index (Phi) is 15.8. The van der Waals surface area contributed by atoms with Gasteiger partial charge in [0.25, 0.3) is 0 Å². The van der Waals surface area contributed by atoms with Crippen molar-refractivity contribution in [2.75, 3.05) is 28.3 Å². The molecule has 14 atom stereocenters. The second kappa shape index (κ2) is 18.7. The van der Waals surface area contributed by atoms with Crippen molar-refractivity contribution in [3.63, 3.8) is 0 Å². The second-order valence-corrected chi connectivity index (χ2v) is 15.7. The molecule has 0 radical (unpaired) electrons. The lowest BCUT2D eigenvalue weighted by atomic mass is 9.73. The maximum Gasteiger partial charge on any atom is 0.407 e. The Balaban J connectivity index is 2.16. The molecule has 14 heteroatoms. The molecule has 53 heavy (non-hydrogen) atoms. The molecule has 3 N–H and O–H groups in total. The van der Waals surface area contributed by atoms with E-state index in [1.807, 2.05) is 25.9 Å². The molecule has 0 unspecified atom stereocenters. The maximum atomic E-state index is 14.1. The number of aliphatic hydroxyl groups excluding tert-OH is 1. The molecule has 302 valence electrons. The number of aliphatic hydroxyl groups is 2. The third-order valence-electron chi connectivity index (χ3n) is 11.3. The van der Waals surface area contributed by atoms with Gasteiger partial charge in [0.05, 0.1) is 29.8 Å². The fourth-order valence-corrected chi connectivity index (χ4v) is 8.15. The van der Waals surface area contributed by atoms with Crippen LogP contribution in [0.15, 0.2) is 24.3 Å². The number of hydrogen-bond donors (Lipinski definition) is 3. The van der Waals surface area contributed by atoms with Gasteiger partial charge < -0.3 is 48.9 Å². The van der Waals surface area contributed by atoms with Crippen LogP contribution in [0.5, 0.6) is 0 Å². The number of cyclic esters (lactones) is 1.